The lowest BCUT2D eigenvalue weighted by Crippen LogP contribution is -1.98. The van der Waals surface area contributed by atoms with E-state index in [0.29, 0.717) is 0 Å². The SMILES string of the molecule is ClPOCCCCOc1ccccc1. The molecule has 0 heterocycles. The average Bonchev–Trinajstić information content (AvgIpc) is 2.25. The molecule has 0 fully saturated rings. The summed E-state index contributed by atoms with van der Waals surface area (Å²) in [6, 6.07) is 9.81. The first-order valence-electron chi connectivity index (χ1n) is 4.59. The van der Waals surface area contributed by atoms with Gasteiger partial charge in [0, 0.05) is 0 Å². The normalized spacial score (nSPS) is 10.9. The van der Waals surface area contributed by atoms with Crippen LogP contribution in [0.2, 0.25) is 0 Å². The van der Waals surface area contributed by atoms with Gasteiger partial charge in [-0.05, 0) is 25.0 Å². The van der Waals surface area contributed by atoms with Gasteiger partial charge in [-0.25, -0.2) is 0 Å². The number of para-hydroxylation sites is 1. The van der Waals surface area contributed by atoms with Gasteiger partial charge in [-0.15, -0.1) is 0 Å². The summed E-state index contributed by atoms with van der Waals surface area (Å²) in [7, 11) is 0.0739. The van der Waals surface area contributed by atoms with Gasteiger partial charge in [-0.2, -0.15) is 0 Å². The Labute approximate surface area is 91.2 Å². The fourth-order valence-corrected chi connectivity index (χ4v) is 1.47. The standard InChI is InChI=1S/C10H14ClO2P/c11-14-13-9-5-4-8-12-10-6-2-1-3-7-10/h1-3,6-7,14H,4-5,8-9H2. The highest BCUT2D eigenvalue weighted by atomic mass is 35.7. The first-order chi connectivity index (χ1) is 6.93. The molecule has 78 valence electrons. The molecule has 0 spiro atoms. The van der Waals surface area contributed by atoms with Crippen LogP contribution in [0.5, 0.6) is 5.75 Å². The smallest absolute Gasteiger partial charge is 0.119 e. The molecule has 2 nitrogen and oxygen atoms in total. The van der Waals surface area contributed by atoms with Crippen molar-refractivity contribution in [2.75, 3.05) is 13.2 Å². The van der Waals surface area contributed by atoms with Crippen LogP contribution in [-0.4, -0.2) is 13.2 Å². The Morgan fingerprint density at radius 2 is 1.79 bits per heavy atom. The Bertz CT molecular complexity index is 231. The van der Waals surface area contributed by atoms with Crippen LogP contribution in [0.1, 0.15) is 12.8 Å². The minimum Gasteiger partial charge on any atom is -0.494 e. The molecule has 1 aromatic carbocycles. The molecule has 1 aromatic rings. The van der Waals surface area contributed by atoms with E-state index in [0.717, 1.165) is 31.8 Å². The van der Waals surface area contributed by atoms with Gasteiger partial charge in [0.1, 0.15) is 13.9 Å². The molecule has 0 amide bonds. The highest BCUT2D eigenvalue weighted by Crippen LogP contribution is 2.17. The van der Waals surface area contributed by atoms with Crippen LogP contribution in [0.25, 0.3) is 0 Å². The molecule has 0 radical (unpaired) electrons. The van der Waals surface area contributed by atoms with Crippen LogP contribution in [0.15, 0.2) is 30.3 Å². The average molecular weight is 233 g/mol. The molecule has 0 bridgehead atoms. The first-order valence-corrected chi connectivity index (χ1v) is 6.51. The van der Waals surface area contributed by atoms with E-state index in [1.807, 2.05) is 30.3 Å². The molecule has 0 saturated carbocycles. The van der Waals surface area contributed by atoms with Crippen LogP contribution in [-0.2, 0) is 4.52 Å². The number of halogens is 1. The molecular weight excluding hydrogens is 219 g/mol. The van der Waals surface area contributed by atoms with Crippen LogP contribution in [0.3, 0.4) is 0 Å². The van der Waals surface area contributed by atoms with Crippen LogP contribution < -0.4 is 4.74 Å². The van der Waals surface area contributed by atoms with E-state index in [1.165, 1.54) is 0 Å². The van der Waals surface area contributed by atoms with E-state index in [2.05, 4.69) is 0 Å². The Balaban J connectivity index is 1.99. The number of unbranched alkanes of at least 4 members (excludes halogenated alkanes) is 1. The van der Waals surface area contributed by atoms with E-state index < -0.39 is 0 Å². The molecule has 1 rings (SSSR count). The maximum atomic E-state index is 5.50. The molecule has 0 N–H and O–H groups in total. The second-order valence-corrected chi connectivity index (χ2v) is 3.70. The van der Waals surface area contributed by atoms with Crippen LogP contribution in [0, 0.1) is 0 Å². The molecular formula is C10H14ClO2P. The summed E-state index contributed by atoms with van der Waals surface area (Å²) in [6.45, 7) is 1.46. The second kappa shape index (κ2) is 8.05. The van der Waals surface area contributed by atoms with Crippen molar-refractivity contribution < 1.29 is 9.26 Å². The zero-order valence-corrected chi connectivity index (χ0v) is 9.67. The van der Waals surface area contributed by atoms with Crippen molar-refractivity contribution in [1.82, 2.24) is 0 Å². The van der Waals surface area contributed by atoms with Gasteiger partial charge in [0.25, 0.3) is 0 Å². The Hall–Kier alpha value is -0.300. The Morgan fingerprint density at radius 1 is 1.07 bits per heavy atom. The Kier molecular flexibility index (Phi) is 6.77. The molecule has 0 saturated heterocycles. The number of benzene rings is 1. The fourth-order valence-electron chi connectivity index (χ4n) is 1.02. The summed E-state index contributed by atoms with van der Waals surface area (Å²) >= 11 is 5.38. The summed E-state index contributed by atoms with van der Waals surface area (Å²) in [5, 5.41) is 0. The van der Waals surface area contributed by atoms with Gasteiger partial charge in [-0.3, -0.25) is 0 Å². The maximum absolute atomic E-state index is 5.50. The lowest BCUT2D eigenvalue weighted by molar-refractivity contribution is 0.282. The fraction of sp³-hybridized carbons (Fsp3) is 0.400. The van der Waals surface area contributed by atoms with Gasteiger partial charge in [0.2, 0.25) is 0 Å². The Morgan fingerprint density at radius 3 is 2.50 bits per heavy atom. The van der Waals surface area contributed by atoms with E-state index in [4.69, 9.17) is 20.5 Å². The molecule has 14 heavy (non-hydrogen) atoms. The van der Waals surface area contributed by atoms with Gasteiger partial charge >= 0.3 is 0 Å². The molecule has 1 unspecified atom stereocenters. The van der Waals surface area contributed by atoms with E-state index in [-0.39, 0.29) is 8.16 Å². The molecule has 1 atom stereocenters. The van der Waals surface area contributed by atoms with Crippen molar-refractivity contribution in [3.05, 3.63) is 30.3 Å². The minimum atomic E-state index is 0.0739. The zero-order valence-electron chi connectivity index (χ0n) is 7.91. The van der Waals surface area contributed by atoms with Crippen molar-refractivity contribution in [2.24, 2.45) is 0 Å². The first kappa shape index (κ1) is 11.8. The van der Waals surface area contributed by atoms with Gasteiger partial charge in [0.15, 0.2) is 0 Å². The van der Waals surface area contributed by atoms with Crippen LogP contribution in [0.4, 0.5) is 0 Å². The quantitative estimate of drug-likeness (QED) is 0.528. The van der Waals surface area contributed by atoms with Crippen molar-refractivity contribution >= 4 is 19.4 Å². The topological polar surface area (TPSA) is 18.5 Å². The van der Waals surface area contributed by atoms with Crippen LogP contribution >= 0.6 is 19.4 Å². The molecule has 0 aliphatic rings. The van der Waals surface area contributed by atoms with Crippen molar-refractivity contribution in [2.45, 2.75) is 12.8 Å². The van der Waals surface area contributed by atoms with E-state index in [1.54, 1.807) is 0 Å². The minimum absolute atomic E-state index is 0.0739. The van der Waals surface area contributed by atoms with Crippen molar-refractivity contribution in [3.63, 3.8) is 0 Å². The predicted molar refractivity (Wildman–Crippen MR) is 61.3 cm³/mol. The summed E-state index contributed by atoms with van der Waals surface area (Å²) in [5.41, 5.74) is 0. The highest BCUT2D eigenvalue weighted by molar-refractivity contribution is 7.64. The number of hydrogen-bond donors (Lipinski definition) is 0. The van der Waals surface area contributed by atoms with Crippen molar-refractivity contribution in [1.29, 1.82) is 0 Å². The lowest BCUT2D eigenvalue weighted by Gasteiger charge is -2.05. The zero-order chi connectivity index (χ0) is 10.1. The number of ether oxygens (including phenoxy) is 1. The summed E-state index contributed by atoms with van der Waals surface area (Å²) in [5.74, 6) is 0.924. The van der Waals surface area contributed by atoms with E-state index >= 15 is 0 Å². The third-order valence-corrected chi connectivity index (χ3v) is 2.35. The molecule has 0 aromatic heterocycles. The maximum Gasteiger partial charge on any atom is 0.119 e. The lowest BCUT2D eigenvalue weighted by atomic mass is 10.3. The third-order valence-electron chi connectivity index (χ3n) is 1.71. The largest absolute Gasteiger partial charge is 0.494 e. The second-order valence-electron chi connectivity index (χ2n) is 2.79. The van der Waals surface area contributed by atoms with Gasteiger partial charge in [-0.1, -0.05) is 29.4 Å². The van der Waals surface area contributed by atoms with Crippen molar-refractivity contribution in [3.8, 4) is 5.75 Å². The van der Waals surface area contributed by atoms with Gasteiger partial charge < -0.3 is 9.26 Å². The predicted octanol–water partition coefficient (Wildman–Crippen LogP) is 3.61. The monoisotopic (exact) mass is 232 g/mol. The molecule has 0 aliphatic heterocycles. The molecule has 4 heteroatoms. The van der Waals surface area contributed by atoms with Gasteiger partial charge in [0.05, 0.1) is 13.2 Å². The molecule has 0 aliphatic carbocycles. The highest BCUT2D eigenvalue weighted by Gasteiger charge is 1.92. The summed E-state index contributed by atoms with van der Waals surface area (Å²) in [4.78, 5) is 0. The number of rotatable bonds is 7. The summed E-state index contributed by atoms with van der Waals surface area (Å²) in [6.07, 6.45) is 1.99. The number of hydrogen-bond acceptors (Lipinski definition) is 2. The van der Waals surface area contributed by atoms with E-state index in [9.17, 15) is 0 Å². The third kappa shape index (κ3) is 5.43. The summed E-state index contributed by atoms with van der Waals surface area (Å²) < 4.78 is 10.5.